The van der Waals surface area contributed by atoms with E-state index in [0.29, 0.717) is 17.9 Å². The minimum absolute atomic E-state index is 0.185. The monoisotopic (exact) mass is 463 g/mol. The minimum Gasteiger partial charge on any atom is -0.497 e. The Balaban J connectivity index is 1.22. The Bertz CT molecular complexity index is 1250. The molecule has 0 unspecified atom stereocenters. The second kappa shape index (κ2) is 9.64. The summed E-state index contributed by atoms with van der Waals surface area (Å²) in [5.74, 6) is 1.88. The minimum atomic E-state index is -0.185. The number of aromatic nitrogens is 2. The van der Waals surface area contributed by atoms with Gasteiger partial charge in [0.1, 0.15) is 11.6 Å². The Hall–Kier alpha value is -2.73. The fourth-order valence-corrected chi connectivity index (χ4v) is 6.17. The van der Waals surface area contributed by atoms with E-state index < -0.39 is 0 Å². The molecular weight excluding hydrogens is 433 g/mol. The van der Waals surface area contributed by atoms with Crippen LogP contribution >= 0.6 is 11.3 Å². The standard InChI is InChI=1S/C27H30FN3OS/c1-3-20(30-27-31-25-11-9-21(32-2)16-26(25)33-27)14-17-4-6-18(7-5-17)22-12-13-29-24-10-8-19(28)15-23(22)24/h8-13,15-18,20H,3-7,14H2,1-2H3,(H,30,31)/t17?,18?,20-/m1/s1. The van der Waals surface area contributed by atoms with Crippen molar-refractivity contribution in [3.63, 3.8) is 0 Å². The molecule has 0 amide bonds. The first kappa shape index (κ1) is 22.1. The zero-order chi connectivity index (χ0) is 22.8. The molecule has 1 atom stereocenters. The number of hydrogen-bond acceptors (Lipinski definition) is 5. The van der Waals surface area contributed by atoms with E-state index in [9.17, 15) is 4.39 Å². The van der Waals surface area contributed by atoms with E-state index in [1.54, 1.807) is 30.6 Å². The Morgan fingerprint density at radius 3 is 2.70 bits per heavy atom. The van der Waals surface area contributed by atoms with Crippen molar-refractivity contribution in [3.8, 4) is 5.75 Å². The summed E-state index contributed by atoms with van der Waals surface area (Å²) in [6.07, 6.45) is 8.82. The number of halogens is 1. The Morgan fingerprint density at radius 1 is 1.09 bits per heavy atom. The van der Waals surface area contributed by atoms with Crippen LogP contribution in [0.4, 0.5) is 9.52 Å². The van der Waals surface area contributed by atoms with Gasteiger partial charge in [-0.3, -0.25) is 4.98 Å². The molecule has 1 aliphatic carbocycles. The SMILES string of the molecule is CC[C@H](CC1CCC(c2ccnc3ccc(F)cc23)CC1)Nc1nc2ccc(OC)cc2s1. The van der Waals surface area contributed by atoms with Gasteiger partial charge in [0.25, 0.3) is 0 Å². The molecule has 0 radical (unpaired) electrons. The van der Waals surface area contributed by atoms with Crippen LogP contribution in [-0.4, -0.2) is 23.1 Å². The van der Waals surface area contributed by atoms with Gasteiger partial charge in [0.15, 0.2) is 5.13 Å². The van der Waals surface area contributed by atoms with Gasteiger partial charge in [-0.2, -0.15) is 0 Å². The van der Waals surface area contributed by atoms with Crippen LogP contribution in [0.5, 0.6) is 5.75 Å². The highest BCUT2D eigenvalue weighted by Gasteiger charge is 2.26. The fourth-order valence-electron chi connectivity index (χ4n) is 5.20. The second-order valence-corrected chi connectivity index (χ2v) is 10.1. The third kappa shape index (κ3) is 4.81. The lowest BCUT2D eigenvalue weighted by atomic mass is 9.76. The number of ether oxygens (including phenoxy) is 1. The first-order valence-corrected chi connectivity index (χ1v) is 12.7. The summed E-state index contributed by atoms with van der Waals surface area (Å²) >= 11 is 1.69. The number of nitrogens with zero attached hydrogens (tertiary/aromatic N) is 2. The first-order chi connectivity index (χ1) is 16.1. The number of benzene rings is 2. The summed E-state index contributed by atoms with van der Waals surface area (Å²) in [6, 6.07) is 13.5. The molecule has 4 aromatic rings. The summed E-state index contributed by atoms with van der Waals surface area (Å²) in [6.45, 7) is 2.25. The lowest BCUT2D eigenvalue weighted by Gasteiger charge is -2.31. The lowest BCUT2D eigenvalue weighted by molar-refractivity contribution is 0.297. The average molecular weight is 464 g/mol. The van der Waals surface area contributed by atoms with Gasteiger partial charge in [-0.1, -0.05) is 18.3 Å². The van der Waals surface area contributed by atoms with Gasteiger partial charge in [0, 0.05) is 17.6 Å². The van der Waals surface area contributed by atoms with Crippen LogP contribution in [0.15, 0.2) is 48.7 Å². The van der Waals surface area contributed by atoms with E-state index >= 15 is 0 Å². The van der Waals surface area contributed by atoms with E-state index in [0.717, 1.165) is 57.7 Å². The van der Waals surface area contributed by atoms with E-state index in [-0.39, 0.29) is 5.82 Å². The number of nitrogens with one attached hydrogen (secondary N) is 1. The van der Waals surface area contributed by atoms with Crippen molar-refractivity contribution >= 4 is 37.6 Å². The van der Waals surface area contributed by atoms with Gasteiger partial charge in [-0.05, 0) is 98.4 Å². The van der Waals surface area contributed by atoms with Gasteiger partial charge >= 0.3 is 0 Å². The van der Waals surface area contributed by atoms with Crippen molar-refractivity contribution in [2.75, 3.05) is 12.4 Å². The molecule has 0 aliphatic heterocycles. The topological polar surface area (TPSA) is 47.0 Å². The maximum Gasteiger partial charge on any atom is 0.184 e. The normalized spacial score (nSPS) is 19.6. The summed E-state index contributed by atoms with van der Waals surface area (Å²) < 4.78 is 20.4. The molecule has 6 heteroatoms. The lowest BCUT2D eigenvalue weighted by Crippen LogP contribution is -2.24. The number of rotatable bonds is 7. The van der Waals surface area contributed by atoms with Crippen LogP contribution in [0.3, 0.4) is 0 Å². The molecule has 1 N–H and O–H groups in total. The molecule has 0 bridgehead atoms. The quantitative estimate of drug-likeness (QED) is 0.307. The van der Waals surface area contributed by atoms with Crippen molar-refractivity contribution in [3.05, 3.63) is 60.0 Å². The van der Waals surface area contributed by atoms with Crippen molar-refractivity contribution in [1.82, 2.24) is 9.97 Å². The molecule has 1 fully saturated rings. The van der Waals surface area contributed by atoms with Gasteiger partial charge in [0.2, 0.25) is 0 Å². The fraction of sp³-hybridized carbons (Fsp3) is 0.407. The van der Waals surface area contributed by atoms with Crippen LogP contribution in [0.2, 0.25) is 0 Å². The Morgan fingerprint density at radius 2 is 1.91 bits per heavy atom. The van der Waals surface area contributed by atoms with Crippen molar-refractivity contribution in [1.29, 1.82) is 0 Å². The van der Waals surface area contributed by atoms with Crippen molar-refractivity contribution < 1.29 is 9.13 Å². The van der Waals surface area contributed by atoms with E-state index in [1.807, 2.05) is 18.3 Å². The molecule has 2 aromatic heterocycles. The summed E-state index contributed by atoms with van der Waals surface area (Å²) in [5.41, 5.74) is 3.16. The number of hydrogen-bond donors (Lipinski definition) is 1. The zero-order valence-electron chi connectivity index (χ0n) is 19.2. The smallest absolute Gasteiger partial charge is 0.184 e. The number of pyridine rings is 1. The molecular formula is C27H30FN3OS. The first-order valence-electron chi connectivity index (χ1n) is 11.9. The predicted octanol–water partition coefficient (Wildman–Crippen LogP) is 7.55. The van der Waals surface area contributed by atoms with Crippen molar-refractivity contribution in [2.24, 2.45) is 5.92 Å². The molecule has 4 nitrogen and oxygen atoms in total. The Labute approximate surface area is 198 Å². The molecule has 0 spiro atoms. The highest BCUT2D eigenvalue weighted by Crippen LogP contribution is 2.40. The molecule has 172 valence electrons. The van der Waals surface area contributed by atoms with E-state index in [2.05, 4.69) is 29.4 Å². The number of anilines is 1. The van der Waals surface area contributed by atoms with Gasteiger partial charge in [0.05, 0.1) is 22.8 Å². The van der Waals surface area contributed by atoms with E-state index in [4.69, 9.17) is 9.72 Å². The van der Waals surface area contributed by atoms with Crippen LogP contribution < -0.4 is 10.1 Å². The third-order valence-corrected chi connectivity index (χ3v) is 8.01. The van der Waals surface area contributed by atoms with E-state index in [1.165, 1.54) is 24.5 Å². The van der Waals surface area contributed by atoms with Gasteiger partial charge in [-0.15, -0.1) is 0 Å². The summed E-state index contributed by atoms with van der Waals surface area (Å²) in [4.78, 5) is 9.19. The Kier molecular flexibility index (Phi) is 6.45. The third-order valence-electron chi connectivity index (χ3n) is 7.06. The van der Waals surface area contributed by atoms with Crippen molar-refractivity contribution in [2.45, 2.75) is 57.4 Å². The molecule has 5 rings (SSSR count). The maximum absolute atomic E-state index is 13.9. The highest BCUT2D eigenvalue weighted by molar-refractivity contribution is 7.22. The van der Waals surface area contributed by atoms with Crippen LogP contribution in [0, 0.1) is 11.7 Å². The molecule has 0 saturated heterocycles. The number of thiazole rings is 1. The maximum atomic E-state index is 13.9. The van der Waals surface area contributed by atoms with Crippen LogP contribution in [-0.2, 0) is 0 Å². The molecule has 1 aliphatic rings. The summed E-state index contributed by atoms with van der Waals surface area (Å²) in [7, 11) is 1.69. The second-order valence-electron chi connectivity index (χ2n) is 9.12. The molecule has 2 aromatic carbocycles. The van der Waals surface area contributed by atoms with Crippen LogP contribution in [0.1, 0.15) is 56.9 Å². The predicted molar refractivity (Wildman–Crippen MR) is 135 cm³/mol. The molecule has 2 heterocycles. The molecule has 1 saturated carbocycles. The molecule has 33 heavy (non-hydrogen) atoms. The largest absolute Gasteiger partial charge is 0.497 e. The van der Waals surface area contributed by atoms with Gasteiger partial charge in [-0.25, -0.2) is 9.37 Å². The summed E-state index contributed by atoms with van der Waals surface area (Å²) in [5, 5.41) is 5.66. The van der Waals surface area contributed by atoms with Gasteiger partial charge < -0.3 is 10.1 Å². The number of methoxy groups -OCH3 is 1. The number of fused-ring (bicyclic) bond motifs is 2. The van der Waals surface area contributed by atoms with Crippen LogP contribution in [0.25, 0.3) is 21.1 Å². The zero-order valence-corrected chi connectivity index (χ0v) is 20.0. The average Bonchev–Trinajstić information content (AvgIpc) is 3.25. The highest BCUT2D eigenvalue weighted by atomic mass is 32.1.